The summed E-state index contributed by atoms with van der Waals surface area (Å²) in [6, 6.07) is 18.2. The summed E-state index contributed by atoms with van der Waals surface area (Å²) in [6.45, 7) is 7.09. The third-order valence-corrected chi connectivity index (χ3v) is 6.58. The number of primary amides is 1. The monoisotopic (exact) mass is 421 g/mol. The summed E-state index contributed by atoms with van der Waals surface area (Å²) in [4.78, 5) is 26.7. The summed E-state index contributed by atoms with van der Waals surface area (Å²) < 4.78 is 0. The maximum absolute atomic E-state index is 13.1. The average Bonchev–Trinajstić information content (AvgIpc) is 2.79. The zero-order chi connectivity index (χ0) is 22.2. The van der Waals surface area contributed by atoms with Crippen molar-refractivity contribution in [2.75, 3.05) is 25.0 Å². The van der Waals surface area contributed by atoms with E-state index in [0.29, 0.717) is 0 Å². The Balaban J connectivity index is 1.53. The first kappa shape index (κ1) is 23.0. The van der Waals surface area contributed by atoms with Crippen molar-refractivity contribution in [2.45, 2.75) is 45.4 Å². The van der Waals surface area contributed by atoms with Crippen LogP contribution in [0.4, 0.5) is 5.69 Å². The Morgan fingerprint density at radius 2 is 1.71 bits per heavy atom. The number of benzene rings is 2. The van der Waals surface area contributed by atoms with E-state index in [1.54, 1.807) is 0 Å². The Morgan fingerprint density at radius 3 is 2.29 bits per heavy atom. The minimum Gasteiger partial charge on any atom is -0.369 e. The standard InChI is InChI=1S/C26H35N3O2/c1-3-19(2)24(21-7-5-4-6-8-21)26(31)28-23-11-9-20(10-12-23)13-16-29-17-14-22(15-18-29)25(27)30/h4-12,19,22,24H,3,13-18H2,1-2H3,(H2,27,30)(H,28,31). The molecule has 0 bridgehead atoms. The molecular formula is C26H35N3O2. The molecule has 3 N–H and O–H groups in total. The summed E-state index contributed by atoms with van der Waals surface area (Å²) >= 11 is 0. The number of hydrogen-bond acceptors (Lipinski definition) is 3. The molecule has 2 atom stereocenters. The summed E-state index contributed by atoms with van der Waals surface area (Å²) in [7, 11) is 0. The van der Waals surface area contributed by atoms with Crippen molar-refractivity contribution in [3.05, 3.63) is 65.7 Å². The molecule has 0 radical (unpaired) electrons. The number of hydrogen-bond donors (Lipinski definition) is 2. The molecule has 0 aliphatic carbocycles. The van der Waals surface area contributed by atoms with E-state index in [1.165, 1.54) is 5.56 Å². The lowest BCUT2D eigenvalue weighted by molar-refractivity contribution is -0.123. The highest BCUT2D eigenvalue weighted by atomic mass is 16.2. The van der Waals surface area contributed by atoms with E-state index in [1.807, 2.05) is 42.5 Å². The van der Waals surface area contributed by atoms with Gasteiger partial charge in [-0.2, -0.15) is 0 Å². The van der Waals surface area contributed by atoms with Gasteiger partial charge < -0.3 is 16.0 Å². The van der Waals surface area contributed by atoms with Gasteiger partial charge in [0.2, 0.25) is 11.8 Å². The van der Waals surface area contributed by atoms with Crippen LogP contribution in [0.25, 0.3) is 0 Å². The molecule has 2 unspecified atom stereocenters. The van der Waals surface area contributed by atoms with E-state index in [-0.39, 0.29) is 29.6 Å². The number of piperidine rings is 1. The Bertz CT molecular complexity index is 843. The van der Waals surface area contributed by atoms with Crippen molar-refractivity contribution < 1.29 is 9.59 Å². The molecule has 3 rings (SSSR count). The molecule has 2 aromatic rings. The van der Waals surface area contributed by atoms with Crippen LogP contribution in [0.15, 0.2) is 54.6 Å². The Morgan fingerprint density at radius 1 is 1.06 bits per heavy atom. The molecule has 31 heavy (non-hydrogen) atoms. The third-order valence-electron chi connectivity index (χ3n) is 6.58. The lowest BCUT2D eigenvalue weighted by Crippen LogP contribution is -2.39. The average molecular weight is 422 g/mol. The fraction of sp³-hybridized carbons (Fsp3) is 0.462. The van der Waals surface area contributed by atoms with E-state index in [4.69, 9.17) is 5.73 Å². The second-order valence-electron chi connectivity index (χ2n) is 8.73. The molecule has 0 aromatic heterocycles. The highest BCUT2D eigenvalue weighted by molar-refractivity contribution is 5.96. The van der Waals surface area contributed by atoms with Crippen molar-refractivity contribution in [2.24, 2.45) is 17.6 Å². The van der Waals surface area contributed by atoms with E-state index < -0.39 is 0 Å². The SMILES string of the molecule is CCC(C)C(C(=O)Nc1ccc(CCN2CCC(C(N)=O)CC2)cc1)c1ccccc1. The molecule has 0 saturated carbocycles. The van der Waals surface area contributed by atoms with Gasteiger partial charge in [0.25, 0.3) is 0 Å². The van der Waals surface area contributed by atoms with E-state index >= 15 is 0 Å². The first-order chi connectivity index (χ1) is 15.0. The van der Waals surface area contributed by atoms with Crippen LogP contribution in [-0.4, -0.2) is 36.3 Å². The van der Waals surface area contributed by atoms with Crippen LogP contribution in [0.1, 0.15) is 50.2 Å². The van der Waals surface area contributed by atoms with Gasteiger partial charge in [0.15, 0.2) is 0 Å². The number of nitrogens with two attached hydrogens (primary N) is 1. The fourth-order valence-electron chi connectivity index (χ4n) is 4.34. The number of nitrogens with zero attached hydrogens (tertiary/aromatic N) is 1. The summed E-state index contributed by atoms with van der Waals surface area (Å²) in [5, 5.41) is 3.11. The Kier molecular flexibility index (Phi) is 8.24. The number of nitrogens with one attached hydrogen (secondary N) is 1. The first-order valence-electron chi connectivity index (χ1n) is 11.4. The minimum atomic E-state index is -0.167. The van der Waals surface area contributed by atoms with Crippen LogP contribution < -0.4 is 11.1 Å². The molecular weight excluding hydrogens is 386 g/mol. The zero-order valence-electron chi connectivity index (χ0n) is 18.7. The summed E-state index contributed by atoms with van der Waals surface area (Å²) in [6.07, 6.45) is 3.62. The molecule has 5 heteroatoms. The molecule has 1 aliphatic rings. The van der Waals surface area contributed by atoms with Gasteiger partial charge in [-0.1, -0.05) is 62.7 Å². The number of anilines is 1. The number of carbonyl (C=O) groups excluding carboxylic acids is 2. The van der Waals surface area contributed by atoms with Crippen LogP contribution in [-0.2, 0) is 16.0 Å². The van der Waals surface area contributed by atoms with Crippen molar-refractivity contribution >= 4 is 17.5 Å². The van der Waals surface area contributed by atoms with Gasteiger partial charge in [0, 0.05) is 18.2 Å². The second kappa shape index (κ2) is 11.1. The Labute approximate surface area is 186 Å². The van der Waals surface area contributed by atoms with Crippen LogP contribution in [0.2, 0.25) is 0 Å². The zero-order valence-corrected chi connectivity index (χ0v) is 18.7. The van der Waals surface area contributed by atoms with Gasteiger partial charge in [0.1, 0.15) is 0 Å². The van der Waals surface area contributed by atoms with Gasteiger partial charge in [-0.3, -0.25) is 9.59 Å². The van der Waals surface area contributed by atoms with Gasteiger partial charge >= 0.3 is 0 Å². The molecule has 166 valence electrons. The molecule has 1 heterocycles. The summed E-state index contributed by atoms with van der Waals surface area (Å²) in [5.41, 5.74) is 8.56. The predicted molar refractivity (Wildman–Crippen MR) is 126 cm³/mol. The maximum atomic E-state index is 13.1. The molecule has 0 spiro atoms. The smallest absolute Gasteiger partial charge is 0.232 e. The topological polar surface area (TPSA) is 75.4 Å². The van der Waals surface area contributed by atoms with Crippen LogP contribution >= 0.6 is 0 Å². The van der Waals surface area contributed by atoms with Crippen LogP contribution in [0.3, 0.4) is 0 Å². The van der Waals surface area contributed by atoms with E-state index in [9.17, 15) is 9.59 Å². The quantitative estimate of drug-likeness (QED) is 0.637. The van der Waals surface area contributed by atoms with Gasteiger partial charge in [0.05, 0.1) is 5.92 Å². The molecule has 2 aromatic carbocycles. The fourth-order valence-corrected chi connectivity index (χ4v) is 4.34. The first-order valence-corrected chi connectivity index (χ1v) is 11.4. The number of rotatable bonds is 9. The van der Waals surface area contributed by atoms with Gasteiger partial charge in [-0.05, 0) is 61.5 Å². The molecule has 2 amide bonds. The van der Waals surface area contributed by atoms with Crippen molar-refractivity contribution in [3.8, 4) is 0 Å². The highest BCUT2D eigenvalue weighted by Crippen LogP contribution is 2.28. The molecule has 1 aliphatic heterocycles. The number of carbonyl (C=O) groups is 2. The lowest BCUT2D eigenvalue weighted by Gasteiger charge is -2.30. The largest absolute Gasteiger partial charge is 0.369 e. The lowest BCUT2D eigenvalue weighted by atomic mass is 9.85. The number of likely N-dealkylation sites (tertiary alicyclic amines) is 1. The summed E-state index contributed by atoms with van der Waals surface area (Å²) in [5.74, 6) is 0.0228. The van der Waals surface area contributed by atoms with Crippen molar-refractivity contribution in [1.29, 1.82) is 0 Å². The third kappa shape index (κ3) is 6.41. The maximum Gasteiger partial charge on any atom is 0.232 e. The molecule has 1 saturated heterocycles. The molecule has 5 nitrogen and oxygen atoms in total. The van der Waals surface area contributed by atoms with Crippen LogP contribution in [0, 0.1) is 11.8 Å². The second-order valence-corrected chi connectivity index (χ2v) is 8.73. The predicted octanol–water partition coefficient (Wildman–Crippen LogP) is 4.19. The highest BCUT2D eigenvalue weighted by Gasteiger charge is 2.26. The van der Waals surface area contributed by atoms with Gasteiger partial charge in [-0.15, -0.1) is 0 Å². The van der Waals surface area contributed by atoms with Crippen molar-refractivity contribution in [1.82, 2.24) is 4.90 Å². The number of amides is 2. The van der Waals surface area contributed by atoms with E-state index in [2.05, 4.69) is 36.2 Å². The Hall–Kier alpha value is -2.66. The van der Waals surface area contributed by atoms with Gasteiger partial charge in [-0.25, -0.2) is 0 Å². The van der Waals surface area contributed by atoms with Crippen LogP contribution in [0.5, 0.6) is 0 Å². The minimum absolute atomic E-state index is 0.0364. The normalized spacial score (nSPS) is 17.1. The van der Waals surface area contributed by atoms with Crippen molar-refractivity contribution in [3.63, 3.8) is 0 Å². The molecule has 1 fully saturated rings. The van der Waals surface area contributed by atoms with E-state index in [0.717, 1.165) is 56.6 Å².